The average molecular weight is 287 g/mol. The van der Waals surface area contributed by atoms with Gasteiger partial charge >= 0.3 is 0 Å². The Bertz CT molecular complexity index is 599. The van der Waals surface area contributed by atoms with Crippen LogP contribution in [-0.4, -0.2) is 29.1 Å². The summed E-state index contributed by atoms with van der Waals surface area (Å²) < 4.78 is 0. The summed E-state index contributed by atoms with van der Waals surface area (Å²) in [5.74, 6) is 2.30. The molecule has 0 spiro atoms. The molecule has 2 aromatic rings. The summed E-state index contributed by atoms with van der Waals surface area (Å²) >= 11 is 2.08. The summed E-state index contributed by atoms with van der Waals surface area (Å²) in [4.78, 5) is 7.24. The van der Waals surface area contributed by atoms with Crippen LogP contribution in [0.1, 0.15) is 19.0 Å². The number of rotatable bonds is 3. The van der Waals surface area contributed by atoms with Crippen molar-refractivity contribution in [2.75, 3.05) is 23.7 Å². The van der Waals surface area contributed by atoms with Gasteiger partial charge in [-0.1, -0.05) is 31.2 Å². The summed E-state index contributed by atoms with van der Waals surface area (Å²) in [6.07, 6.45) is 1.22. The molecular formula is C16H21N3S. The normalized spacial score (nSPS) is 19.5. The molecule has 0 saturated carbocycles. The molecule has 0 bridgehead atoms. The van der Waals surface area contributed by atoms with E-state index in [2.05, 4.69) is 53.9 Å². The van der Waals surface area contributed by atoms with Crippen molar-refractivity contribution in [2.45, 2.75) is 25.1 Å². The van der Waals surface area contributed by atoms with Crippen LogP contribution in [0.4, 0.5) is 5.82 Å². The number of nitrogens with two attached hydrogens (primary N) is 1. The third-order valence-corrected chi connectivity index (χ3v) is 5.25. The van der Waals surface area contributed by atoms with Gasteiger partial charge in [0.05, 0.1) is 5.69 Å². The minimum atomic E-state index is 0.498. The Kier molecular flexibility index (Phi) is 4.13. The SMILES string of the molecule is CCC1CN(c2nc(CN)cc3ccccc23)CCS1. The summed E-state index contributed by atoms with van der Waals surface area (Å²) in [5, 5.41) is 3.20. The van der Waals surface area contributed by atoms with E-state index < -0.39 is 0 Å². The maximum atomic E-state index is 5.81. The van der Waals surface area contributed by atoms with Gasteiger partial charge in [0.2, 0.25) is 0 Å². The van der Waals surface area contributed by atoms with Crippen LogP contribution >= 0.6 is 11.8 Å². The monoisotopic (exact) mass is 287 g/mol. The molecule has 1 fully saturated rings. The quantitative estimate of drug-likeness (QED) is 0.942. The van der Waals surface area contributed by atoms with Gasteiger partial charge in [-0.05, 0) is 17.9 Å². The van der Waals surface area contributed by atoms with Gasteiger partial charge in [0.1, 0.15) is 5.82 Å². The van der Waals surface area contributed by atoms with E-state index in [-0.39, 0.29) is 0 Å². The lowest BCUT2D eigenvalue weighted by atomic mass is 10.1. The summed E-state index contributed by atoms with van der Waals surface area (Å²) in [5.41, 5.74) is 6.78. The van der Waals surface area contributed by atoms with Gasteiger partial charge in [-0.2, -0.15) is 11.8 Å². The van der Waals surface area contributed by atoms with Crippen LogP contribution in [0.2, 0.25) is 0 Å². The molecule has 1 aromatic carbocycles. The minimum Gasteiger partial charge on any atom is -0.354 e. The molecule has 1 aromatic heterocycles. The second-order valence-corrected chi connectivity index (χ2v) is 6.62. The lowest BCUT2D eigenvalue weighted by molar-refractivity contribution is 0.720. The molecule has 1 atom stereocenters. The molecule has 0 amide bonds. The van der Waals surface area contributed by atoms with Crippen molar-refractivity contribution < 1.29 is 0 Å². The highest BCUT2D eigenvalue weighted by molar-refractivity contribution is 8.00. The van der Waals surface area contributed by atoms with E-state index in [0.717, 1.165) is 24.6 Å². The van der Waals surface area contributed by atoms with Gasteiger partial charge in [-0.3, -0.25) is 0 Å². The minimum absolute atomic E-state index is 0.498. The Hall–Kier alpha value is -1.26. The van der Waals surface area contributed by atoms with Gasteiger partial charge in [-0.25, -0.2) is 4.98 Å². The van der Waals surface area contributed by atoms with Crippen molar-refractivity contribution in [2.24, 2.45) is 5.73 Å². The highest BCUT2D eigenvalue weighted by Gasteiger charge is 2.21. The van der Waals surface area contributed by atoms with Crippen LogP contribution in [0.5, 0.6) is 0 Å². The molecule has 1 aliphatic heterocycles. The number of benzene rings is 1. The number of hydrogen-bond donors (Lipinski definition) is 1. The van der Waals surface area contributed by atoms with E-state index in [4.69, 9.17) is 10.7 Å². The first-order valence-corrected chi connectivity index (χ1v) is 8.32. The zero-order valence-corrected chi connectivity index (χ0v) is 12.7. The Morgan fingerprint density at radius 1 is 1.40 bits per heavy atom. The number of anilines is 1. The number of aromatic nitrogens is 1. The maximum absolute atomic E-state index is 5.81. The molecule has 3 nitrogen and oxygen atoms in total. The van der Waals surface area contributed by atoms with Crippen LogP contribution in [0.3, 0.4) is 0 Å². The van der Waals surface area contributed by atoms with Crippen molar-refractivity contribution in [1.82, 2.24) is 4.98 Å². The Balaban J connectivity index is 2.04. The maximum Gasteiger partial charge on any atom is 0.136 e. The van der Waals surface area contributed by atoms with Crippen LogP contribution in [-0.2, 0) is 6.54 Å². The van der Waals surface area contributed by atoms with Crippen LogP contribution < -0.4 is 10.6 Å². The van der Waals surface area contributed by atoms with Crippen molar-refractivity contribution in [3.05, 3.63) is 36.0 Å². The first-order chi connectivity index (χ1) is 9.81. The highest BCUT2D eigenvalue weighted by Crippen LogP contribution is 2.30. The second kappa shape index (κ2) is 6.02. The number of thioether (sulfide) groups is 1. The van der Waals surface area contributed by atoms with Gasteiger partial charge in [0, 0.05) is 36.0 Å². The van der Waals surface area contributed by atoms with E-state index in [1.165, 1.54) is 22.9 Å². The summed E-state index contributed by atoms with van der Waals surface area (Å²) in [6.45, 7) is 4.93. The van der Waals surface area contributed by atoms with Crippen LogP contribution in [0, 0.1) is 0 Å². The van der Waals surface area contributed by atoms with Crippen molar-refractivity contribution >= 4 is 28.4 Å². The summed E-state index contributed by atoms with van der Waals surface area (Å²) in [6, 6.07) is 10.6. The van der Waals surface area contributed by atoms with E-state index in [1.54, 1.807) is 0 Å². The first kappa shape index (κ1) is 13.7. The first-order valence-electron chi connectivity index (χ1n) is 7.27. The third-order valence-electron chi connectivity index (χ3n) is 3.88. The van der Waals surface area contributed by atoms with Crippen molar-refractivity contribution in [3.63, 3.8) is 0 Å². The van der Waals surface area contributed by atoms with E-state index in [9.17, 15) is 0 Å². The van der Waals surface area contributed by atoms with Crippen LogP contribution in [0.25, 0.3) is 10.8 Å². The van der Waals surface area contributed by atoms with Gasteiger partial charge < -0.3 is 10.6 Å². The number of pyridine rings is 1. The Morgan fingerprint density at radius 2 is 2.25 bits per heavy atom. The molecule has 3 rings (SSSR count). The van der Waals surface area contributed by atoms with E-state index in [0.29, 0.717) is 11.8 Å². The topological polar surface area (TPSA) is 42.2 Å². The molecule has 0 aliphatic carbocycles. The Labute approximate surface area is 124 Å². The molecule has 1 aliphatic rings. The lowest BCUT2D eigenvalue weighted by Crippen LogP contribution is -2.38. The zero-order chi connectivity index (χ0) is 13.9. The molecular weight excluding hydrogens is 266 g/mol. The zero-order valence-electron chi connectivity index (χ0n) is 11.9. The van der Waals surface area contributed by atoms with Crippen molar-refractivity contribution in [1.29, 1.82) is 0 Å². The van der Waals surface area contributed by atoms with Gasteiger partial charge in [0.25, 0.3) is 0 Å². The lowest BCUT2D eigenvalue weighted by Gasteiger charge is -2.33. The molecule has 2 heterocycles. The smallest absolute Gasteiger partial charge is 0.136 e. The fourth-order valence-corrected chi connectivity index (χ4v) is 3.92. The molecule has 106 valence electrons. The fraction of sp³-hybridized carbons (Fsp3) is 0.438. The summed E-state index contributed by atoms with van der Waals surface area (Å²) in [7, 11) is 0. The van der Waals surface area contributed by atoms with Gasteiger partial charge in [0.15, 0.2) is 0 Å². The molecule has 0 radical (unpaired) electrons. The van der Waals surface area contributed by atoms with E-state index >= 15 is 0 Å². The fourth-order valence-electron chi connectivity index (χ4n) is 2.74. The van der Waals surface area contributed by atoms with E-state index in [1.807, 2.05) is 0 Å². The number of fused-ring (bicyclic) bond motifs is 1. The third kappa shape index (κ3) is 2.63. The van der Waals surface area contributed by atoms with Crippen molar-refractivity contribution in [3.8, 4) is 0 Å². The van der Waals surface area contributed by atoms with Gasteiger partial charge in [-0.15, -0.1) is 0 Å². The number of nitrogens with zero attached hydrogens (tertiary/aromatic N) is 2. The average Bonchev–Trinajstić information content (AvgIpc) is 2.53. The largest absolute Gasteiger partial charge is 0.354 e. The highest BCUT2D eigenvalue weighted by atomic mass is 32.2. The predicted molar refractivity (Wildman–Crippen MR) is 88.4 cm³/mol. The molecule has 4 heteroatoms. The predicted octanol–water partition coefficient (Wildman–Crippen LogP) is 3.03. The Morgan fingerprint density at radius 3 is 3.05 bits per heavy atom. The number of hydrogen-bond acceptors (Lipinski definition) is 4. The molecule has 1 unspecified atom stereocenters. The molecule has 20 heavy (non-hydrogen) atoms. The molecule has 2 N–H and O–H groups in total. The molecule has 1 saturated heterocycles. The standard InChI is InChI=1S/C16H21N3S/c1-2-14-11-19(7-8-20-14)16-15-6-4-3-5-12(15)9-13(10-17)18-16/h3-6,9,14H,2,7-8,10-11,17H2,1H3. The second-order valence-electron chi connectivity index (χ2n) is 5.21. The van der Waals surface area contributed by atoms with Crippen LogP contribution in [0.15, 0.2) is 30.3 Å².